The van der Waals surface area contributed by atoms with Gasteiger partial charge in [0.15, 0.2) is 0 Å². The first kappa shape index (κ1) is 16.0. The molecule has 5 nitrogen and oxygen atoms in total. The summed E-state index contributed by atoms with van der Waals surface area (Å²) in [6.07, 6.45) is -0.377. The van der Waals surface area contributed by atoms with E-state index in [4.69, 9.17) is 14.2 Å². The fraction of sp³-hybridized carbons (Fsp3) is 0.467. The zero-order valence-corrected chi connectivity index (χ0v) is 12.2. The summed E-state index contributed by atoms with van der Waals surface area (Å²) in [4.78, 5) is 22.1. The van der Waals surface area contributed by atoms with Crippen molar-refractivity contribution in [3.8, 4) is 5.75 Å². The molecule has 2 atom stereocenters. The molecule has 0 aromatic heterocycles. The van der Waals surface area contributed by atoms with Crippen LogP contribution in [0.1, 0.15) is 38.9 Å². The van der Waals surface area contributed by atoms with Gasteiger partial charge in [-0.05, 0) is 24.6 Å². The molecular weight excluding hydrogens is 260 g/mol. The summed E-state index contributed by atoms with van der Waals surface area (Å²) in [5, 5.41) is 0. The molecule has 1 aromatic carbocycles. The number of esters is 2. The Kier molecular flexibility index (Phi) is 6.03. The van der Waals surface area contributed by atoms with E-state index in [0.29, 0.717) is 6.42 Å². The molecule has 0 aliphatic carbocycles. The quantitative estimate of drug-likeness (QED) is 0.750. The molecule has 0 N–H and O–H groups in total. The van der Waals surface area contributed by atoms with Gasteiger partial charge in [0.1, 0.15) is 18.0 Å². The Morgan fingerprint density at radius 3 is 2.05 bits per heavy atom. The third-order valence-electron chi connectivity index (χ3n) is 2.71. The first-order valence-electron chi connectivity index (χ1n) is 6.40. The van der Waals surface area contributed by atoms with Crippen LogP contribution < -0.4 is 4.74 Å². The van der Waals surface area contributed by atoms with E-state index >= 15 is 0 Å². The van der Waals surface area contributed by atoms with Gasteiger partial charge in [-0.1, -0.05) is 12.1 Å². The molecule has 0 spiro atoms. The number of ether oxygens (including phenoxy) is 3. The maximum Gasteiger partial charge on any atom is 0.303 e. The molecule has 0 amide bonds. The molecule has 1 aromatic rings. The second kappa shape index (κ2) is 7.53. The molecule has 0 aliphatic rings. The summed E-state index contributed by atoms with van der Waals surface area (Å²) in [6, 6.07) is 7.24. The van der Waals surface area contributed by atoms with Gasteiger partial charge in [-0.2, -0.15) is 0 Å². The van der Waals surface area contributed by atoms with Crippen molar-refractivity contribution >= 4 is 11.9 Å². The zero-order valence-electron chi connectivity index (χ0n) is 12.2. The van der Waals surface area contributed by atoms with Gasteiger partial charge in [0.05, 0.1) is 7.11 Å². The second-order valence-corrected chi connectivity index (χ2v) is 4.53. The highest BCUT2D eigenvalue weighted by Gasteiger charge is 2.20. The van der Waals surface area contributed by atoms with Crippen LogP contribution in [0, 0.1) is 0 Å². The topological polar surface area (TPSA) is 61.8 Å². The lowest BCUT2D eigenvalue weighted by Gasteiger charge is -2.21. The molecule has 20 heavy (non-hydrogen) atoms. The molecular formula is C15H20O5. The fourth-order valence-electron chi connectivity index (χ4n) is 1.90. The minimum atomic E-state index is -0.451. The molecule has 0 aliphatic heterocycles. The maximum atomic E-state index is 11.2. The highest BCUT2D eigenvalue weighted by atomic mass is 16.6. The predicted molar refractivity (Wildman–Crippen MR) is 73.3 cm³/mol. The van der Waals surface area contributed by atoms with E-state index in [2.05, 4.69) is 0 Å². The average molecular weight is 280 g/mol. The molecule has 0 fully saturated rings. The molecule has 0 saturated carbocycles. The lowest BCUT2D eigenvalue weighted by molar-refractivity contribution is -0.152. The molecule has 0 bridgehead atoms. The van der Waals surface area contributed by atoms with Gasteiger partial charge in [-0.25, -0.2) is 0 Å². The van der Waals surface area contributed by atoms with Gasteiger partial charge >= 0.3 is 11.9 Å². The standard InChI is InChI=1S/C15H20O5/c1-10(19-11(2)16)9-15(20-12(3)17)13-5-7-14(18-4)8-6-13/h5-8,10,15H,9H2,1-4H3/t10-,15+/m1/s1. The number of rotatable bonds is 6. The van der Waals surface area contributed by atoms with Gasteiger partial charge in [0.25, 0.3) is 0 Å². The summed E-state index contributed by atoms with van der Waals surface area (Å²) in [5.41, 5.74) is 0.833. The number of carbonyl (C=O) groups excluding carboxylic acids is 2. The third kappa shape index (κ3) is 5.30. The highest BCUT2D eigenvalue weighted by molar-refractivity contribution is 5.66. The number of carbonyl (C=O) groups is 2. The van der Waals surface area contributed by atoms with Crippen LogP contribution >= 0.6 is 0 Å². The summed E-state index contributed by atoms with van der Waals surface area (Å²) >= 11 is 0. The Morgan fingerprint density at radius 2 is 1.60 bits per heavy atom. The Labute approximate surface area is 118 Å². The van der Waals surface area contributed by atoms with Gasteiger partial charge in [0, 0.05) is 20.3 Å². The predicted octanol–water partition coefficient (Wildman–Crippen LogP) is 2.64. The van der Waals surface area contributed by atoms with Crippen molar-refractivity contribution in [1.82, 2.24) is 0 Å². The average Bonchev–Trinajstić information content (AvgIpc) is 2.36. The Morgan fingerprint density at radius 1 is 1.05 bits per heavy atom. The van der Waals surface area contributed by atoms with Crippen LogP contribution in [0.5, 0.6) is 5.75 Å². The maximum absolute atomic E-state index is 11.2. The van der Waals surface area contributed by atoms with E-state index in [-0.39, 0.29) is 18.0 Å². The number of benzene rings is 1. The van der Waals surface area contributed by atoms with Crippen LogP contribution in [0.2, 0.25) is 0 Å². The molecule has 0 unspecified atom stereocenters. The lowest BCUT2D eigenvalue weighted by atomic mass is 10.0. The summed E-state index contributed by atoms with van der Waals surface area (Å²) in [6.45, 7) is 4.47. The lowest BCUT2D eigenvalue weighted by Crippen LogP contribution is -2.19. The Bertz CT molecular complexity index is 452. The molecule has 0 radical (unpaired) electrons. The molecule has 0 heterocycles. The molecule has 110 valence electrons. The molecule has 1 rings (SSSR count). The fourth-order valence-corrected chi connectivity index (χ4v) is 1.90. The van der Waals surface area contributed by atoms with E-state index in [1.54, 1.807) is 26.2 Å². The zero-order chi connectivity index (χ0) is 15.1. The minimum absolute atomic E-state index is 0.334. The van der Waals surface area contributed by atoms with Crippen LogP contribution in [-0.2, 0) is 19.1 Å². The smallest absolute Gasteiger partial charge is 0.303 e. The van der Waals surface area contributed by atoms with E-state index in [1.165, 1.54) is 13.8 Å². The van der Waals surface area contributed by atoms with Crippen molar-refractivity contribution in [2.24, 2.45) is 0 Å². The molecule has 0 saturated heterocycles. The van der Waals surface area contributed by atoms with Crippen molar-refractivity contribution < 1.29 is 23.8 Å². The van der Waals surface area contributed by atoms with Crippen molar-refractivity contribution in [3.63, 3.8) is 0 Å². The first-order chi connectivity index (χ1) is 9.42. The number of hydrogen-bond donors (Lipinski definition) is 0. The van der Waals surface area contributed by atoms with Crippen molar-refractivity contribution in [1.29, 1.82) is 0 Å². The van der Waals surface area contributed by atoms with Crippen molar-refractivity contribution in [3.05, 3.63) is 29.8 Å². The van der Waals surface area contributed by atoms with Crippen LogP contribution in [0.25, 0.3) is 0 Å². The van der Waals surface area contributed by atoms with E-state index < -0.39 is 6.10 Å². The van der Waals surface area contributed by atoms with Gasteiger partial charge < -0.3 is 14.2 Å². The number of hydrogen-bond acceptors (Lipinski definition) is 5. The normalized spacial score (nSPS) is 13.2. The van der Waals surface area contributed by atoms with E-state index in [1.807, 2.05) is 12.1 Å². The van der Waals surface area contributed by atoms with E-state index in [9.17, 15) is 9.59 Å². The summed E-state index contributed by atoms with van der Waals surface area (Å²) < 4.78 is 15.5. The van der Waals surface area contributed by atoms with Crippen LogP contribution in [0.4, 0.5) is 0 Å². The largest absolute Gasteiger partial charge is 0.497 e. The monoisotopic (exact) mass is 280 g/mol. The van der Waals surface area contributed by atoms with Gasteiger partial charge in [-0.3, -0.25) is 9.59 Å². The Balaban J connectivity index is 2.81. The highest BCUT2D eigenvalue weighted by Crippen LogP contribution is 2.26. The minimum Gasteiger partial charge on any atom is -0.497 e. The Hall–Kier alpha value is -2.04. The molecule has 5 heteroatoms. The van der Waals surface area contributed by atoms with Crippen molar-refractivity contribution in [2.75, 3.05) is 7.11 Å². The van der Waals surface area contributed by atoms with Crippen LogP contribution in [-0.4, -0.2) is 25.2 Å². The summed E-state index contributed by atoms with van der Waals surface area (Å²) in [5.74, 6) is -0.00184. The summed E-state index contributed by atoms with van der Waals surface area (Å²) in [7, 11) is 1.58. The third-order valence-corrected chi connectivity index (χ3v) is 2.71. The van der Waals surface area contributed by atoms with Crippen LogP contribution in [0.3, 0.4) is 0 Å². The van der Waals surface area contributed by atoms with Gasteiger partial charge in [0.2, 0.25) is 0 Å². The second-order valence-electron chi connectivity index (χ2n) is 4.53. The number of methoxy groups -OCH3 is 1. The first-order valence-corrected chi connectivity index (χ1v) is 6.40. The van der Waals surface area contributed by atoms with Gasteiger partial charge in [-0.15, -0.1) is 0 Å². The van der Waals surface area contributed by atoms with E-state index in [0.717, 1.165) is 11.3 Å². The SMILES string of the molecule is COc1ccc([C@H](C[C@@H](C)OC(C)=O)OC(C)=O)cc1. The van der Waals surface area contributed by atoms with Crippen LogP contribution in [0.15, 0.2) is 24.3 Å². The van der Waals surface area contributed by atoms with Crippen molar-refractivity contribution in [2.45, 2.75) is 39.4 Å².